The van der Waals surface area contributed by atoms with Gasteiger partial charge in [0.1, 0.15) is 30.7 Å². The van der Waals surface area contributed by atoms with E-state index in [-0.39, 0.29) is 26.4 Å². The number of carbonyl (C=O) groups is 1. The van der Waals surface area contributed by atoms with Crippen molar-refractivity contribution in [3.05, 3.63) is 245 Å². The minimum Gasteiger partial charge on any atom is -0.488 e. The van der Waals surface area contributed by atoms with Crippen molar-refractivity contribution in [3.63, 3.8) is 0 Å². The van der Waals surface area contributed by atoms with Gasteiger partial charge in [0.25, 0.3) is 0 Å². The summed E-state index contributed by atoms with van der Waals surface area (Å²) in [5.41, 5.74) is 7.10. The van der Waals surface area contributed by atoms with Crippen molar-refractivity contribution < 1.29 is 38.0 Å². The Labute approximate surface area is 386 Å². The number of ether oxygens (including phenoxy) is 7. The minimum absolute atomic E-state index is 0.153. The Morgan fingerprint density at radius 2 is 0.939 bits per heavy atom. The molecule has 9 rings (SSSR count). The molecule has 0 aliphatic carbocycles. The smallest absolute Gasteiger partial charge is 0.341 e. The molecule has 1 aliphatic heterocycles. The van der Waals surface area contributed by atoms with E-state index in [2.05, 4.69) is 16.7 Å². The van der Waals surface area contributed by atoms with Gasteiger partial charge in [0.05, 0.1) is 49.5 Å². The molecule has 0 spiro atoms. The van der Waals surface area contributed by atoms with Crippen LogP contribution >= 0.6 is 0 Å². The molecule has 1 aliphatic rings. The molecular weight excluding hydrogens is 827 g/mol. The number of rotatable bonds is 20. The van der Waals surface area contributed by atoms with Crippen molar-refractivity contribution in [3.8, 4) is 5.75 Å². The van der Waals surface area contributed by atoms with Gasteiger partial charge in [0, 0.05) is 12.7 Å². The number of carbonyl (C=O) groups excluding carboxylic acids is 1. The van der Waals surface area contributed by atoms with Crippen molar-refractivity contribution in [2.75, 3.05) is 6.61 Å². The molecule has 0 radical (unpaired) electrons. The lowest BCUT2D eigenvalue weighted by Gasteiger charge is -2.45. The normalized spacial score (nSPS) is 18.2. The first kappa shape index (κ1) is 44.4. The first-order valence-electron chi connectivity index (χ1n) is 22.4. The number of hydrogen-bond acceptors (Lipinski definition) is 8. The summed E-state index contributed by atoms with van der Waals surface area (Å²) < 4.78 is 49.1. The Morgan fingerprint density at radius 3 is 1.48 bits per heavy atom. The fourth-order valence-corrected chi connectivity index (χ4v) is 8.24. The van der Waals surface area contributed by atoms with E-state index >= 15 is 4.79 Å². The first-order valence-corrected chi connectivity index (χ1v) is 22.4. The Balaban J connectivity index is 1.10. The first-order chi connectivity index (χ1) is 32.6. The van der Waals surface area contributed by atoms with Crippen LogP contribution < -0.4 is 4.74 Å². The lowest BCUT2D eigenvalue weighted by molar-refractivity contribution is -0.320. The van der Waals surface area contributed by atoms with E-state index in [0.29, 0.717) is 36.5 Å². The van der Waals surface area contributed by atoms with Crippen LogP contribution in [0.25, 0.3) is 10.9 Å². The summed E-state index contributed by atoms with van der Waals surface area (Å²) in [6.07, 6.45) is -2.64. The maximum atomic E-state index is 15.2. The van der Waals surface area contributed by atoms with Gasteiger partial charge in [-0.2, -0.15) is 0 Å². The maximum absolute atomic E-state index is 15.2. The van der Waals surface area contributed by atoms with Crippen LogP contribution in [0.3, 0.4) is 0 Å². The second-order valence-electron chi connectivity index (χ2n) is 16.3. The summed E-state index contributed by atoms with van der Waals surface area (Å²) in [6, 6.07) is 65.6. The molecule has 0 N–H and O–H groups in total. The molecule has 0 amide bonds. The third kappa shape index (κ3) is 11.5. The molecule has 9 heteroatoms. The molecule has 2 heterocycles. The number of aromatic nitrogens is 1. The molecule has 66 heavy (non-hydrogen) atoms. The summed E-state index contributed by atoms with van der Waals surface area (Å²) in [5, 5.41) is 0.638. The fourth-order valence-electron chi connectivity index (χ4n) is 8.24. The van der Waals surface area contributed by atoms with Gasteiger partial charge < -0.3 is 37.7 Å². The molecule has 8 aromatic rings. The van der Waals surface area contributed by atoms with Gasteiger partial charge >= 0.3 is 5.97 Å². The predicted octanol–water partition coefficient (Wildman–Crippen LogP) is 11.1. The maximum Gasteiger partial charge on any atom is 0.341 e. The van der Waals surface area contributed by atoms with Gasteiger partial charge in [-0.1, -0.05) is 188 Å². The highest BCUT2D eigenvalue weighted by molar-refractivity contribution is 6.07. The average Bonchev–Trinajstić information content (AvgIpc) is 3.75. The number of hydrogen-bond donors (Lipinski definition) is 0. The number of benzene rings is 7. The largest absolute Gasteiger partial charge is 0.488 e. The molecule has 0 bridgehead atoms. The molecule has 1 aromatic heterocycles. The molecule has 1 fully saturated rings. The monoisotopic (exact) mass is 879 g/mol. The highest BCUT2D eigenvalue weighted by atomic mass is 16.7. The molecule has 1 saturated heterocycles. The highest BCUT2D eigenvalue weighted by Gasteiger charge is 2.51. The standard InChI is InChI=1S/C57H53NO8/c59-56(48-35-58(34-42-20-7-1-8-21-42)49-32-19-33-50(52(48)49)61-37-44-24-11-3-12-25-44)66-55-54(63-39-46-28-15-5-16-29-46)53(62-38-45-26-13-4-14-27-45)51(41-60-36-43-22-9-2-10-23-43)65-57(55)64-40-47-30-17-6-18-31-47/h1-33,35,51,53-55,57H,34,36-41H2/t51-,53-,54+,55-,57-/m1/s1. The van der Waals surface area contributed by atoms with Crippen LogP contribution in [0.15, 0.2) is 206 Å². The van der Waals surface area contributed by atoms with Crippen LogP contribution in [0.1, 0.15) is 43.7 Å². The van der Waals surface area contributed by atoms with Crippen molar-refractivity contribution in [2.45, 2.75) is 70.3 Å². The van der Waals surface area contributed by atoms with E-state index < -0.39 is 36.7 Å². The predicted molar refractivity (Wildman–Crippen MR) is 253 cm³/mol. The van der Waals surface area contributed by atoms with Crippen molar-refractivity contribution >= 4 is 16.9 Å². The lowest BCUT2D eigenvalue weighted by atomic mass is 9.97. The van der Waals surface area contributed by atoms with Crippen LogP contribution in [-0.4, -0.2) is 47.8 Å². The van der Waals surface area contributed by atoms with Gasteiger partial charge in [-0.05, 0) is 45.5 Å². The van der Waals surface area contributed by atoms with Gasteiger partial charge in [-0.15, -0.1) is 0 Å². The van der Waals surface area contributed by atoms with Gasteiger partial charge in [0.2, 0.25) is 0 Å². The zero-order chi connectivity index (χ0) is 44.8. The summed E-state index contributed by atoms with van der Waals surface area (Å²) in [4.78, 5) is 15.2. The van der Waals surface area contributed by atoms with Crippen LogP contribution in [0.5, 0.6) is 5.75 Å². The fraction of sp³-hybridized carbons (Fsp3) is 0.211. The summed E-state index contributed by atoms with van der Waals surface area (Å²) >= 11 is 0. The van der Waals surface area contributed by atoms with Crippen LogP contribution in [0.2, 0.25) is 0 Å². The SMILES string of the molecule is O=C(O[C@H]1[C@H](OCc2ccccc2)O[C@H](COCc2ccccc2)[C@@H](OCc2ccccc2)[C@@H]1OCc1ccccc1)c1cn(Cc2ccccc2)c2cccc(OCc3ccccc3)c12. The van der Waals surface area contributed by atoms with E-state index in [1.165, 1.54) is 0 Å². The third-order valence-electron chi connectivity index (χ3n) is 11.6. The van der Waals surface area contributed by atoms with Gasteiger partial charge in [-0.3, -0.25) is 0 Å². The van der Waals surface area contributed by atoms with E-state index in [4.69, 9.17) is 33.2 Å². The summed E-state index contributed by atoms with van der Waals surface area (Å²) in [7, 11) is 0. The second kappa shape index (κ2) is 22.4. The third-order valence-corrected chi connectivity index (χ3v) is 11.6. The topological polar surface area (TPSA) is 86.6 Å². The van der Waals surface area contributed by atoms with Crippen molar-refractivity contribution in [2.24, 2.45) is 0 Å². The Hall–Kier alpha value is -6.85. The van der Waals surface area contributed by atoms with E-state index in [9.17, 15) is 0 Å². The quantitative estimate of drug-likeness (QED) is 0.0700. The van der Waals surface area contributed by atoms with Crippen LogP contribution in [0.4, 0.5) is 0 Å². The zero-order valence-corrected chi connectivity index (χ0v) is 36.7. The summed E-state index contributed by atoms with van der Waals surface area (Å²) in [6.45, 7) is 1.99. The van der Waals surface area contributed by atoms with Gasteiger partial charge in [0.15, 0.2) is 12.4 Å². The van der Waals surface area contributed by atoms with E-state index in [1.54, 1.807) is 0 Å². The molecule has 9 nitrogen and oxygen atoms in total. The Kier molecular flexibility index (Phi) is 15.0. The van der Waals surface area contributed by atoms with Crippen molar-refractivity contribution in [1.82, 2.24) is 4.57 Å². The zero-order valence-electron chi connectivity index (χ0n) is 36.7. The van der Waals surface area contributed by atoms with Gasteiger partial charge in [-0.25, -0.2) is 4.79 Å². The Bertz CT molecular complexity index is 2700. The molecule has 0 saturated carbocycles. The summed E-state index contributed by atoms with van der Waals surface area (Å²) in [5.74, 6) is -0.0261. The van der Waals surface area contributed by atoms with Crippen LogP contribution in [0, 0.1) is 0 Å². The average molecular weight is 880 g/mol. The lowest BCUT2D eigenvalue weighted by Crippen LogP contribution is -2.62. The number of fused-ring (bicyclic) bond motifs is 1. The highest BCUT2D eigenvalue weighted by Crippen LogP contribution is 2.36. The van der Waals surface area contributed by atoms with E-state index in [1.807, 2.05) is 194 Å². The molecular formula is C57H53NO8. The molecule has 334 valence electrons. The number of esters is 1. The Morgan fingerprint density at radius 1 is 0.470 bits per heavy atom. The minimum atomic E-state index is -1.10. The van der Waals surface area contributed by atoms with E-state index in [0.717, 1.165) is 38.9 Å². The molecule has 0 unspecified atom stereocenters. The molecule has 7 aromatic carbocycles. The van der Waals surface area contributed by atoms with Crippen molar-refractivity contribution in [1.29, 1.82) is 0 Å². The van der Waals surface area contributed by atoms with Crippen LogP contribution in [-0.2, 0) is 68.0 Å². The number of nitrogens with zero attached hydrogens (tertiary/aromatic N) is 1. The second-order valence-corrected chi connectivity index (χ2v) is 16.3. The molecule has 5 atom stereocenters.